The summed E-state index contributed by atoms with van der Waals surface area (Å²) in [7, 11) is 1.86. The summed E-state index contributed by atoms with van der Waals surface area (Å²) in [5.41, 5.74) is 10.2. The van der Waals surface area contributed by atoms with Gasteiger partial charge in [0.25, 0.3) is 5.91 Å². The minimum Gasteiger partial charge on any atom is -0.393 e. The second-order valence-electron chi connectivity index (χ2n) is 7.93. The number of nitrogens with one attached hydrogen (secondary N) is 2. The summed E-state index contributed by atoms with van der Waals surface area (Å²) >= 11 is 0. The van der Waals surface area contributed by atoms with Crippen molar-refractivity contribution < 1.29 is 9.90 Å². The maximum Gasteiger partial charge on any atom is 0.265 e. The molecule has 1 amide bonds. The van der Waals surface area contributed by atoms with Crippen LogP contribution in [0.15, 0.2) is 42.9 Å². The molecule has 1 fully saturated rings. The molecule has 8 nitrogen and oxygen atoms in total. The zero-order valence-corrected chi connectivity index (χ0v) is 18.3. The second-order valence-corrected chi connectivity index (χ2v) is 7.93. The van der Waals surface area contributed by atoms with Crippen LogP contribution in [-0.4, -0.2) is 43.1 Å². The Balaban J connectivity index is 0.000000352. The lowest BCUT2D eigenvalue weighted by Crippen LogP contribution is -2.11. The lowest BCUT2D eigenvalue weighted by atomic mass is 9.98. The van der Waals surface area contributed by atoms with E-state index >= 15 is 0 Å². The summed E-state index contributed by atoms with van der Waals surface area (Å²) in [5, 5.41) is 20.2. The second kappa shape index (κ2) is 11.2. The van der Waals surface area contributed by atoms with Crippen LogP contribution in [0, 0.1) is 5.41 Å². The fourth-order valence-electron chi connectivity index (χ4n) is 3.64. The number of amides is 1. The number of aryl methyl sites for hydroxylation is 1. The van der Waals surface area contributed by atoms with Crippen LogP contribution in [0.1, 0.15) is 59.4 Å². The van der Waals surface area contributed by atoms with Gasteiger partial charge in [-0.3, -0.25) is 14.5 Å². The fourth-order valence-corrected chi connectivity index (χ4v) is 3.64. The first-order valence-corrected chi connectivity index (χ1v) is 10.8. The first-order chi connectivity index (χ1) is 15.5. The van der Waals surface area contributed by atoms with E-state index in [4.69, 9.17) is 16.2 Å². The van der Waals surface area contributed by atoms with E-state index in [2.05, 4.69) is 15.1 Å². The molecule has 0 aromatic carbocycles. The van der Waals surface area contributed by atoms with Crippen molar-refractivity contribution >= 4 is 18.2 Å². The number of hydrogen-bond acceptors (Lipinski definition) is 5. The van der Waals surface area contributed by atoms with Crippen LogP contribution in [0.3, 0.4) is 0 Å². The molecule has 3 aromatic heterocycles. The highest BCUT2D eigenvalue weighted by Gasteiger charge is 2.11. The van der Waals surface area contributed by atoms with Crippen LogP contribution in [0.2, 0.25) is 0 Å². The van der Waals surface area contributed by atoms with Crippen LogP contribution < -0.4 is 5.73 Å². The van der Waals surface area contributed by atoms with Crippen LogP contribution >= 0.6 is 0 Å². The van der Waals surface area contributed by atoms with Gasteiger partial charge >= 0.3 is 0 Å². The zero-order valence-electron chi connectivity index (χ0n) is 18.3. The number of carbonyl (C=O) groups excluding carboxylic acids is 1. The Hall–Kier alpha value is -3.52. The molecule has 0 unspecified atom stereocenters. The number of hydrogen-bond donors (Lipinski definition) is 4. The summed E-state index contributed by atoms with van der Waals surface area (Å²) < 4.78 is 1.73. The molecule has 3 aromatic rings. The van der Waals surface area contributed by atoms with Gasteiger partial charge < -0.3 is 21.2 Å². The van der Waals surface area contributed by atoms with Gasteiger partial charge in [0, 0.05) is 43.3 Å². The number of aliphatic hydroxyl groups is 1. The predicted octanol–water partition coefficient (Wildman–Crippen LogP) is 3.47. The lowest BCUT2D eigenvalue weighted by molar-refractivity contribution is 0.0996. The molecule has 1 saturated carbocycles. The summed E-state index contributed by atoms with van der Waals surface area (Å²) in [4.78, 5) is 18.9. The zero-order chi connectivity index (χ0) is 22.9. The van der Waals surface area contributed by atoms with Gasteiger partial charge in [-0.2, -0.15) is 5.10 Å². The summed E-state index contributed by atoms with van der Waals surface area (Å²) in [6, 6.07) is 5.68. The average molecular weight is 435 g/mol. The van der Waals surface area contributed by atoms with Crippen molar-refractivity contribution in [1.29, 1.82) is 5.41 Å². The molecule has 168 valence electrons. The van der Waals surface area contributed by atoms with E-state index in [1.54, 1.807) is 29.1 Å². The molecule has 0 aliphatic heterocycles. The Labute approximate surface area is 187 Å². The molecular formula is C24H30N6O2. The molecule has 0 radical (unpaired) electrons. The van der Waals surface area contributed by atoms with Gasteiger partial charge in [0.1, 0.15) is 5.69 Å². The molecule has 4 rings (SSSR count). The van der Waals surface area contributed by atoms with Gasteiger partial charge in [0.05, 0.1) is 18.0 Å². The molecular weight excluding hydrogens is 404 g/mol. The molecule has 32 heavy (non-hydrogen) atoms. The number of pyridine rings is 1. The maximum atomic E-state index is 11.4. The third-order valence-electron chi connectivity index (χ3n) is 5.35. The fraction of sp³-hybridized carbons (Fsp3) is 0.333. The van der Waals surface area contributed by atoms with Crippen molar-refractivity contribution in [3.8, 4) is 11.3 Å². The maximum absolute atomic E-state index is 11.4. The third kappa shape index (κ3) is 6.49. The standard InChI is InChI=1S/C18H18N6O.C6H12O/c1-24-11-14(10-22-24)15-5-4-12(9-21-15)7-13-8-17(18(20)25)23-16(13)3-2-6-19;7-6-4-2-1-3-5-6/h2-6,8-11,19,23H,7H2,1H3,(H2,20,25);6-7H,1-5H2/b3-2-,19-6?;. The molecule has 3 heterocycles. The minimum atomic E-state index is -0.513. The Morgan fingerprint density at radius 2 is 2.09 bits per heavy atom. The highest BCUT2D eigenvalue weighted by molar-refractivity contribution is 5.92. The van der Waals surface area contributed by atoms with E-state index in [1.807, 2.05) is 31.6 Å². The number of primary amides is 1. The van der Waals surface area contributed by atoms with Crippen LogP contribution in [0.25, 0.3) is 17.3 Å². The topological polar surface area (TPSA) is 134 Å². The molecule has 5 N–H and O–H groups in total. The average Bonchev–Trinajstić information content (AvgIpc) is 3.40. The highest BCUT2D eigenvalue weighted by atomic mass is 16.3. The number of aliphatic hydroxyl groups excluding tert-OH is 1. The highest BCUT2D eigenvalue weighted by Crippen LogP contribution is 2.20. The van der Waals surface area contributed by atoms with Crippen LogP contribution in [-0.2, 0) is 13.5 Å². The van der Waals surface area contributed by atoms with Crippen molar-refractivity contribution in [3.05, 3.63) is 65.4 Å². The summed E-state index contributed by atoms with van der Waals surface area (Å²) in [6.07, 6.45) is 16.5. The van der Waals surface area contributed by atoms with Crippen LogP contribution in [0.5, 0.6) is 0 Å². The van der Waals surface area contributed by atoms with E-state index in [0.717, 1.165) is 40.9 Å². The Morgan fingerprint density at radius 3 is 2.62 bits per heavy atom. The Morgan fingerprint density at radius 1 is 1.31 bits per heavy atom. The number of nitrogens with two attached hydrogens (primary N) is 1. The van der Waals surface area contributed by atoms with E-state index in [1.165, 1.54) is 25.5 Å². The van der Waals surface area contributed by atoms with Gasteiger partial charge in [0.15, 0.2) is 0 Å². The van der Waals surface area contributed by atoms with E-state index < -0.39 is 5.91 Å². The number of rotatable bonds is 6. The van der Waals surface area contributed by atoms with Crippen molar-refractivity contribution in [2.24, 2.45) is 12.8 Å². The number of H-pyrrole nitrogens is 1. The SMILES string of the molecule is Cn1cc(-c2ccc(Cc3cc(C(N)=O)[nH]c3/C=C\C=N)cn2)cn1.OC1CCCCC1. The first kappa shape index (κ1) is 23.1. The van der Waals surface area contributed by atoms with E-state index in [-0.39, 0.29) is 6.10 Å². The molecule has 0 atom stereocenters. The summed E-state index contributed by atoms with van der Waals surface area (Å²) in [5.74, 6) is -0.513. The molecule has 0 saturated heterocycles. The first-order valence-electron chi connectivity index (χ1n) is 10.8. The smallest absolute Gasteiger partial charge is 0.265 e. The normalized spacial score (nSPS) is 14.2. The monoisotopic (exact) mass is 434 g/mol. The predicted molar refractivity (Wildman–Crippen MR) is 125 cm³/mol. The van der Waals surface area contributed by atoms with E-state index in [9.17, 15) is 4.79 Å². The van der Waals surface area contributed by atoms with Gasteiger partial charge in [-0.05, 0) is 48.3 Å². The largest absolute Gasteiger partial charge is 0.393 e. The van der Waals surface area contributed by atoms with E-state index in [0.29, 0.717) is 12.1 Å². The van der Waals surface area contributed by atoms with Crippen molar-refractivity contribution in [3.63, 3.8) is 0 Å². The van der Waals surface area contributed by atoms with Gasteiger partial charge in [0.2, 0.25) is 0 Å². The lowest BCUT2D eigenvalue weighted by Gasteiger charge is -2.14. The quantitative estimate of drug-likeness (QED) is 0.442. The van der Waals surface area contributed by atoms with Gasteiger partial charge in [-0.25, -0.2) is 0 Å². The molecule has 8 heteroatoms. The number of aromatic amines is 1. The minimum absolute atomic E-state index is 0.0359. The molecule has 0 bridgehead atoms. The molecule has 0 spiro atoms. The molecule has 1 aliphatic rings. The Kier molecular flexibility index (Phi) is 8.10. The number of aromatic nitrogens is 4. The van der Waals surface area contributed by atoms with Crippen molar-refractivity contribution in [2.75, 3.05) is 0 Å². The third-order valence-corrected chi connectivity index (χ3v) is 5.35. The molecule has 1 aliphatic carbocycles. The van der Waals surface area contributed by atoms with Crippen LogP contribution in [0.4, 0.5) is 0 Å². The number of carbonyl (C=O) groups is 1. The summed E-state index contributed by atoms with van der Waals surface area (Å²) in [6.45, 7) is 0. The van der Waals surface area contributed by atoms with Gasteiger partial charge in [-0.1, -0.05) is 25.3 Å². The van der Waals surface area contributed by atoms with Gasteiger partial charge in [-0.15, -0.1) is 0 Å². The number of nitrogens with zero attached hydrogens (tertiary/aromatic N) is 3. The van der Waals surface area contributed by atoms with Crippen molar-refractivity contribution in [1.82, 2.24) is 19.7 Å². The number of allylic oxidation sites excluding steroid dienone is 1. The van der Waals surface area contributed by atoms with Crippen molar-refractivity contribution in [2.45, 2.75) is 44.6 Å². The Bertz CT molecular complexity index is 1060.